The van der Waals surface area contributed by atoms with E-state index in [1.165, 1.54) is 12.1 Å². The first-order chi connectivity index (χ1) is 13.0. The maximum atomic E-state index is 13.0. The van der Waals surface area contributed by atoms with E-state index in [2.05, 4.69) is 4.72 Å². The summed E-state index contributed by atoms with van der Waals surface area (Å²) in [6, 6.07) is 15.9. The Kier molecular flexibility index (Phi) is 6.26. The molecule has 1 saturated carbocycles. The molecule has 0 radical (unpaired) electrons. The number of sulfonamides is 1. The van der Waals surface area contributed by atoms with Crippen LogP contribution < -0.4 is 4.72 Å². The highest BCUT2D eigenvalue weighted by Crippen LogP contribution is 2.23. The molecule has 7 heteroatoms. The molecule has 1 aliphatic rings. The van der Waals surface area contributed by atoms with Crippen LogP contribution in [0.1, 0.15) is 28.8 Å². The predicted octanol–water partition coefficient (Wildman–Crippen LogP) is 2.42. The molecular formula is C20H24N2O4S. The van der Waals surface area contributed by atoms with Crippen molar-refractivity contribution in [3.8, 4) is 0 Å². The van der Waals surface area contributed by atoms with Crippen molar-refractivity contribution in [2.24, 2.45) is 0 Å². The molecular weight excluding hydrogens is 364 g/mol. The first-order valence-electron chi connectivity index (χ1n) is 8.94. The lowest BCUT2D eigenvalue weighted by Crippen LogP contribution is -2.33. The lowest BCUT2D eigenvalue weighted by Gasteiger charge is -2.23. The number of methoxy groups -OCH3 is 1. The van der Waals surface area contributed by atoms with Crippen molar-refractivity contribution in [2.45, 2.75) is 30.3 Å². The van der Waals surface area contributed by atoms with Gasteiger partial charge in [-0.05, 0) is 36.6 Å². The molecule has 0 saturated heterocycles. The van der Waals surface area contributed by atoms with Crippen molar-refractivity contribution >= 4 is 15.9 Å². The zero-order valence-electron chi connectivity index (χ0n) is 15.3. The van der Waals surface area contributed by atoms with Crippen LogP contribution in [-0.4, -0.2) is 45.5 Å². The van der Waals surface area contributed by atoms with E-state index < -0.39 is 10.0 Å². The minimum atomic E-state index is -3.60. The second kappa shape index (κ2) is 8.65. The largest absolute Gasteiger partial charge is 0.383 e. The van der Waals surface area contributed by atoms with Gasteiger partial charge in [-0.15, -0.1) is 0 Å². The van der Waals surface area contributed by atoms with Gasteiger partial charge in [0.15, 0.2) is 0 Å². The fourth-order valence-electron chi connectivity index (χ4n) is 2.73. The number of nitrogens with zero attached hydrogens (tertiary/aromatic N) is 1. The number of hydrogen-bond acceptors (Lipinski definition) is 4. The number of carbonyl (C=O) groups is 1. The molecule has 0 bridgehead atoms. The Morgan fingerprint density at radius 1 is 1.15 bits per heavy atom. The summed E-state index contributed by atoms with van der Waals surface area (Å²) in [6.45, 7) is 1.25. The normalized spacial score (nSPS) is 14.1. The number of rotatable bonds is 9. The van der Waals surface area contributed by atoms with E-state index in [1.54, 1.807) is 24.1 Å². The van der Waals surface area contributed by atoms with Crippen LogP contribution in [0.25, 0.3) is 0 Å². The Hall–Kier alpha value is -2.22. The molecule has 1 fully saturated rings. The lowest BCUT2D eigenvalue weighted by atomic mass is 10.1. The number of nitrogens with one attached hydrogen (secondary N) is 1. The molecule has 1 aliphatic carbocycles. The molecule has 1 N–H and O–H groups in total. The third-order valence-corrected chi connectivity index (χ3v) is 5.88. The van der Waals surface area contributed by atoms with Crippen LogP contribution in [0.15, 0.2) is 59.5 Å². The van der Waals surface area contributed by atoms with E-state index in [0.29, 0.717) is 25.3 Å². The third-order valence-electron chi connectivity index (χ3n) is 4.36. The van der Waals surface area contributed by atoms with E-state index in [0.717, 1.165) is 18.4 Å². The molecule has 0 aromatic heterocycles. The summed E-state index contributed by atoms with van der Waals surface area (Å²) in [4.78, 5) is 14.8. The van der Waals surface area contributed by atoms with Gasteiger partial charge in [0, 0.05) is 31.8 Å². The van der Waals surface area contributed by atoms with Crippen LogP contribution in [0.2, 0.25) is 0 Å². The standard InChI is InChI=1S/C20H24N2O4S/c1-26-13-12-22(15-16-6-3-2-4-7-16)20(23)17-8-5-9-19(14-17)27(24,25)21-18-10-11-18/h2-9,14,18,21H,10-13,15H2,1H3. The van der Waals surface area contributed by atoms with E-state index in [1.807, 2.05) is 30.3 Å². The van der Waals surface area contributed by atoms with Crippen molar-refractivity contribution in [3.63, 3.8) is 0 Å². The molecule has 0 aliphatic heterocycles. The Bertz CT molecular complexity index is 880. The summed E-state index contributed by atoms with van der Waals surface area (Å²) in [5.41, 5.74) is 1.35. The molecule has 144 valence electrons. The van der Waals surface area contributed by atoms with Crippen LogP contribution in [0.5, 0.6) is 0 Å². The fraction of sp³-hybridized carbons (Fsp3) is 0.350. The van der Waals surface area contributed by atoms with Crippen molar-refractivity contribution in [1.82, 2.24) is 9.62 Å². The summed E-state index contributed by atoms with van der Waals surface area (Å²) in [5, 5.41) is 0. The van der Waals surface area contributed by atoms with Crippen molar-refractivity contribution in [2.75, 3.05) is 20.3 Å². The summed E-state index contributed by atoms with van der Waals surface area (Å²) in [6.07, 6.45) is 1.72. The first kappa shape index (κ1) is 19.5. The number of amides is 1. The van der Waals surface area contributed by atoms with Gasteiger partial charge in [-0.3, -0.25) is 4.79 Å². The predicted molar refractivity (Wildman–Crippen MR) is 103 cm³/mol. The smallest absolute Gasteiger partial charge is 0.254 e. The van der Waals surface area contributed by atoms with E-state index in [9.17, 15) is 13.2 Å². The molecule has 27 heavy (non-hydrogen) atoms. The van der Waals surface area contributed by atoms with Gasteiger partial charge in [-0.25, -0.2) is 13.1 Å². The number of hydrogen-bond donors (Lipinski definition) is 1. The topological polar surface area (TPSA) is 75.7 Å². The molecule has 0 spiro atoms. The van der Waals surface area contributed by atoms with Gasteiger partial charge in [0.1, 0.15) is 0 Å². The highest BCUT2D eigenvalue weighted by molar-refractivity contribution is 7.89. The van der Waals surface area contributed by atoms with Crippen LogP contribution in [0.3, 0.4) is 0 Å². The van der Waals surface area contributed by atoms with Crippen molar-refractivity contribution in [1.29, 1.82) is 0 Å². The van der Waals surface area contributed by atoms with Gasteiger partial charge in [-0.2, -0.15) is 0 Å². The quantitative estimate of drug-likeness (QED) is 0.716. The summed E-state index contributed by atoms with van der Waals surface area (Å²) < 4.78 is 32.6. The van der Waals surface area contributed by atoms with Gasteiger partial charge in [0.2, 0.25) is 10.0 Å². The minimum absolute atomic E-state index is 0.0191. The second-order valence-corrected chi connectivity index (χ2v) is 8.34. The van der Waals surface area contributed by atoms with Crippen LogP contribution in [0, 0.1) is 0 Å². The summed E-state index contributed by atoms with van der Waals surface area (Å²) >= 11 is 0. The van der Waals surface area contributed by atoms with Crippen molar-refractivity contribution < 1.29 is 17.9 Å². The average Bonchev–Trinajstić information content (AvgIpc) is 3.49. The summed E-state index contributed by atoms with van der Waals surface area (Å²) in [7, 11) is -2.01. The summed E-state index contributed by atoms with van der Waals surface area (Å²) in [5.74, 6) is -0.223. The van der Waals surface area contributed by atoms with Crippen molar-refractivity contribution in [3.05, 3.63) is 65.7 Å². The Balaban J connectivity index is 1.81. The minimum Gasteiger partial charge on any atom is -0.383 e. The highest BCUT2D eigenvalue weighted by atomic mass is 32.2. The molecule has 0 atom stereocenters. The average molecular weight is 388 g/mol. The van der Waals surface area contributed by atoms with Crippen LogP contribution >= 0.6 is 0 Å². The second-order valence-electron chi connectivity index (χ2n) is 6.63. The van der Waals surface area contributed by atoms with Gasteiger partial charge >= 0.3 is 0 Å². The zero-order chi connectivity index (χ0) is 19.3. The third kappa shape index (κ3) is 5.38. The lowest BCUT2D eigenvalue weighted by molar-refractivity contribution is 0.0680. The Morgan fingerprint density at radius 2 is 1.89 bits per heavy atom. The number of benzene rings is 2. The van der Waals surface area contributed by atoms with Gasteiger partial charge in [0.25, 0.3) is 5.91 Å². The Morgan fingerprint density at radius 3 is 2.56 bits per heavy atom. The monoisotopic (exact) mass is 388 g/mol. The van der Waals surface area contributed by atoms with Crippen LogP contribution in [-0.2, 0) is 21.3 Å². The van der Waals surface area contributed by atoms with Gasteiger partial charge in [0.05, 0.1) is 11.5 Å². The van der Waals surface area contributed by atoms with Crippen LogP contribution in [0.4, 0.5) is 0 Å². The molecule has 6 nitrogen and oxygen atoms in total. The Labute approximate surface area is 160 Å². The molecule has 3 rings (SSSR count). The SMILES string of the molecule is COCCN(Cc1ccccc1)C(=O)c1cccc(S(=O)(=O)NC2CC2)c1. The highest BCUT2D eigenvalue weighted by Gasteiger charge is 2.28. The van der Waals surface area contributed by atoms with E-state index in [4.69, 9.17) is 4.74 Å². The van der Waals surface area contributed by atoms with E-state index in [-0.39, 0.29) is 16.8 Å². The van der Waals surface area contributed by atoms with E-state index >= 15 is 0 Å². The maximum absolute atomic E-state index is 13.0. The number of ether oxygens (including phenoxy) is 1. The maximum Gasteiger partial charge on any atom is 0.254 e. The molecule has 0 unspecified atom stereocenters. The number of carbonyl (C=O) groups excluding carboxylic acids is 1. The van der Waals surface area contributed by atoms with Gasteiger partial charge < -0.3 is 9.64 Å². The van der Waals surface area contributed by atoms with Gasteiger partial charge in [-0.1, -0.05) is 36.4 Å². The molecule has 1 amide bonds. The zero-order valence-corrected chi connectivity index (χ0v) is 16.1. The molecule has 2 aromatic carbocycles. The molecule has 2 aromatic rings. The molecule has 0 heterocycles. The first-order valence-corrected chi connectivity index (χ1v) is 10.4. The fourth-order valence-corrected chi connectivity index (χ4v) is 4.08.